The SMILES string of the molecule is O=C(O)CCc1cc2c(c(Br)c1O)OCO2. The van der Waals surface area contributed by atoms with Crippen molar-refractivity contribution in [2.45, 2.75) is 12.8 Å². The van der Waals surface area contributed by atoms with Crippen LogP contribution in [0.25, 0.3) is 0 Å². The van der Waals surface area contributed by atoms with E-state index in [0.717, 1.165) is 0 Å². The molecular formula is C10H9BrO5. The Hall–Kier alpha value is -1.43. The van der Waals surface area contributed by atoms with Gasteiger partial charge in [0.05, 0.1) is 0 Å². The van der Waals surface area contributed by atoms with E-state index in [1.807, 2.05) is 0 Å². The number of halogens is 1. The number of hydrogen-bond donors (Lipinski definition) is 2. The highest BCUT2D eigenvalue weighted by Gasteiger charge is 2.22. The summed E-state index contributed by atoms with van der Waals surface area (Å²) in [5.74, 6) is 0.0697. The second-order valence-corrected chi connectivity index (χ2v) is 4.12. The summed E-state index contributed by atoms with van der Waals surface area (Å²) in [7, 11) is 0. The molecule has 0 radical (unpaired) electrons. The molecule has 2 N–H and O–H groups in total. The van der Waals surface area contributed by atoms with Crippen molar-refractivity contribution in [1.82, 2.24) is 0 Å². The monoisotopic (exact) mass is 288 g/mol. The van der Waals surface area contributed by atoms with E-state index in [9.17, 15) is 9.90 Å². The largest absolute Gasteiger partial charge is 0.506 e. The van der Waals surface area contributed by atoms with Gasteiger partial charge in [0.1, 0.15) is 10.2 Å². The lowest BCUT2D eigenvalue weighted by atomic mass is 10.1. The fraction of sp³-hybridized carbons (Fsp3) is 0.300. The van der Waals surface area contributed by atoms with E-state index in [4.69, 9.17) is 14.6 Å². The summed E-state index contributed by atoms with van der Waals surface area (Å²) in [6.07, 6.45) is 0.204. The van der Waals surface area contributed by atoms with E-state index >= 15 is 0 Å². The lowest BCUT2D eigenvalue weighted by molar-refractivity contribution is -0.136. The Bertz CT molecular complexity index is 443. The Balaban J connectivity index is 2.32. The molecule has 0 atom stereocenters. The van der Waals surface area contributed by atoms with E-state index in [1.54, 1.807) is 6.07 Å². The summed E-state index contributed by atoms with van der Waals surface area (Å²) >= 11 is 3.19. The van der Waals surface area contributed by atoms with Gasteiger partial charge < -0.3 is 19.7 Å². The van der Waals surface area contributed by atoms with E-state index in [0.29, 0.717) is 21.5 Å². The summed E-state index contributed by atoms with van der Waals surface area (Å²) in [6.45, 7) is 0.107. The van der Waals surface area contributed by atoms with Crippen LogP contribution in [0.3, 0.4) is 0 Å². The second kappa shape index (κ2) is 4.21. The Morgan fingerprint density at radius 2 is 2.25 bits per heavy atom. The van der Waals surface area contributed by atoms with E-state index in [1.165, 1.54) is 0 Å². The molecule has 0 saturated carbocycles. The molecule has 0 unspecified atom stereocenters. The lowest BCUT2D eigenvalue weighted by Gasteiger charge is -2.07. The van der Waals surface area contributed by atoms with Gasteiger partial charge in [0.25, 0.3) is 0 Å². The molecule has 16 heavy (non-hydrogen) atoms. The van der Waals surface area contributed by atoms with Crippen LogP contribution in [0.1, 0.15) is 12.0 Å². The second-order valence-electron chi connectivity index (χ2n) is 3.33. The number of carboxylic acids is 1. The van der Waals surface area contributed by atoms with Gasteiger partial charge in [0, 0.05) is 6.42 Å². The van der Waals surface area contributed by atoms with Crippen molar-refractivity contribution in [1.29, 1.82) is 0 Å². The number of hydrogen-bond acceptors (Lipinski definition) is 4. The zero-order valence-corrected chi connectivity index (χ0v) is 9.78. The molecule has 1 aliphatic heterocycles. The molecule has 0 aromatic heterocycles. The van der Waals surface area contributed by atoms with Crippen molar-refractivity contribution in [3.8, 4) is 17.2 Å². The van der Waals surface area contributed by atoms with Crippen molar-refractivity contribution in [2.24, 2.45) is 0 Å². The quantitative estimate of drug-likeness (QED) is 0.888. The third-order valence-corrected chi connectivity index (χ3v) is 3.00. The molecule has 0 saturated heterocycles. The number of ether oxygens (including phenoxy) is 2. The molecule has 2 rings (SSSR count). The minimum Gasteiger partial charge on any atom is -0.506 e. The van der Waals surface area contributed by atoms with Crippen LogP contribution in [0.15, 0.2) is 10.5 Å². The maximum atomic E-state index is 10.5. The van der Waals surface area contributed by atoms with E-state index in [-0.39, 0.29) is 25.4 Å². The van der Waals surface area contributed by atoms with Crippen molar-refractivity contribution in [2.75, 3.05) is 6.79 Å². The number of rotatable bonds is 3. The van der Waals surface area contributed by atoms with Gasteiger partial charge in [-0.1, -0.05) is 0 Å². The molecule has 1 aromatic carbocycles. The molecule has 0 bridgehead atoms. The molecule has 0 amide bonds. The number of benzene rings is 1. The van der Waals surface area contributed by atoms with Crippen LogP contribution in [-0.2, 0) is 11.2 Å². The van der Waals surface area contributed by atoms with Gasteiger partial charge in [-0.05, 0) is 34.0 Å². The van der Waals surface area contributed by atoms with Crippen LogP contribution in [0.2, 0.25) is 0 Å². The topological polar surface area (TPSA) is 76.0 Å². The van der Waals surface area contributed by atoms with Crippen LogP contribution in [0.4, 0.5) is 0 Å². The van der Waals surface area contributed by atoms with Crippen LogP contribution >= 0.6 is 15.9 Å². The summed E-state index contributed by atoms with van der Waals surface area (Å²) < 4.78 is 10.7. The smallest absolute Gasteiger partial charge is 0.303 e. The van der Waals surface area contributed by atoms with Crippen molar-refractivity contribution >= 4 is 21.9 Å². The number of fused-ring (bicyclic) bond motifs is 1. The minimum absolute atomic E-state index is 0.00509. The van der Waals surface area contributed by atoms with Gasteiger partial charge in [-0.3, -0.25) is 4.79 Å². The molecular weight excluding hydrogens is 280 g/mol. The highest BCUT2D eigenvalue weighted by atomic mass is 79.9. The Morgan fingerprint density at radius 3 is 2.94 bits per heavy atom. The van der Waals surface area contributed by atoms with Crippen LogP contribution in [0, 0.1) is 0 Å². The first-order valence-corrected chi connectivity index (χ1v) is 5.40. The Morgan fingerprint density at radius 1 is 1.50 bits per heavy atom. The average Bonchev–Trinajstić information content (AvgIpc) is 2.69. The fourth-order valence-corrected chi connectivity index (χ4v) is 2.04. The normalized spacial score (nSPS) is 12.8. The highest BCUT2D eigenvalue weighted by Crippen LogP contribution is 2.46. The predicted octanol–water partition coefficient (Wildman–Crippen LogP) is 1.90. The maximum absolute atomic E-state index is 10.5. The molecule has 1 aliphatic rings. The third-order valence-electron chi connectivity index (χ3n) is 2.27. The Labute approximate surface area is 99.7 Å². The number of carbonyl (C=O) groups is 1. The summed E-state index contributed by atoms with van der Waals surface area (Å²) in [5, 5.41) is 18.4. The van der Waals surface area contributed by atoms with Crippen molar-refractivity contribution in [3.05, 3.63) is 16.1 Å². The zero-order chi connectivity index (χ0) is 11.7. The standard InChI is InChI=1S/C10H9BrO5/c11-8-9(14)5(1-2-7(12)13)3-6-10(8)16-4-15-6/h3,14H,1-2,4H2,(H,12,13). The predicted molar refractivity (Wildman–Crippen MR) is 57.9 cm³/mol. The molecule has 0 fully saturated rings. The number of carboxylic acid groups (broad SMARTS) is 1. The first-order valence-electron chi connectivity index (χ1n) is 4.61. The number of phenolic OH excluding ortho intramolecular Hbond substituents is 1. The van der Waals surface area contributed by atoms with Gasteiger partial charge in [-0.2, -0.15) is 0 Å². The first-order chi connectivity index (χ1) is 7.59. The van der Waals surface area contributed by atoms with Crippen molar-refractivity contribution < 1.29 is 24.5 Å². The number of aryl methyl sites for hydroxylation is 1. The molecule has 1 aromatic rings. The van der Waals surface area contributed by atoms with Gasteiger partial charge in [0.15, 0.2) is 11.5 Å². The fourth-order valence-electron chi connectivity index (χ4n) is 1.47. The molecule has 5 nitrogen and oxygen atoms in total. The average molecular weight is 289 g/mol. The van der Waals surface area contributed by atoms with Gasteiger partial charge in [-0.25, -0.2) is 0 Å². The molecule has 86 valence electrons. The maximum Gasteiger partial charge on any atom is 0.303 e. The number of aromatic hydroxyl groups is 1. The molecule has 0 spiro atoms. The van der Waals surface area contributed by atoms with E-state index < -0.39 is 5.97 Å². The zero-order valence-electron chi connectivity index (χ0n) is 8.20. The Kier molecular flexibility index (Phi) is 2.91. The van der Waals surface area contributed by atoms with Crippen LogP contribution < -0.4 is 9.47 Å². The van der Waals surface area contributed by atoms with Gasteiger partial charge in [-0.15, -0.1) is 0 Å². The van der Waals surface area contributed by atoms with Crippen molar-refractivity contribution in [3.63, 3.8) is 0 Å². The minimum atomic E-state index is -0.909. The lowest BCUT2D eigenvalue weighted by Crippen LogP contribution is -1.98. The van der Waals surface area contributed by atoms with Crippen LogP contribution in [0.5, 0.6) is 17.2 Å². The molecule has 6 heteroatoms. The molecule has 1 heterocycles. The summed E-state index contributed by atoms with van der Waals surface area (Å²) in [6, 6.07) is 1.60. The van der Waals surface area contributed by atoms with Gasteiger partial charge in [0.2, 0.25) is 6.79 Å². The van der Waals surface area contributed by atoms with Gasteiger partial charge >= 0.3 is 5.97 Å². The molecule has 0 aliphatic carbocycles. The van der Waals surface area contributed by atoms with E-state index in [2.05, 4.69) is 15.9 Å². The van der Waals surface area contributed by atoms with Crippen LogP contribution in [-0.4, -0.2) is 23.0 Å². The summed E-state index contributed by atoms with van der Waals surface area (Å²) in [5.41, 5.74) is 0.526. The number of aliphatic carboxylic acids is 1. The highest BCUT2D eigenvalue weighted by molar-refractivity contribution is 9.10. The number of phenols is 1. The summed E-state index contributed by atoms with van der Waals surface area (Å²) in [4.78, 5) is 10.5. The first kappa shape index (κ1) is 11.1. The third kappa shape index (κ3) is 1.92.